The van der Waals surface area contributed by atoms with Crippen molar-refractivity contribution in [3.05, 3.63) is 12.7 Å². The highest BCUT2D eigenvalue weighted by Gasteiger charge is 2.33. The summed E-state index contributed by atoms with van der Waals surface area (Å²) in [6.07, 6.45) is 2.04. The third-order valence-electron chi connectivity index (χ3n) is 3.87. The van der Waals surface area contributed by atoms with Crippen LogP contribution >= 0.6 is 0 Å². The van der Waals surface area contributed by atoms with Crippen LogP contribution in [0.5, 0.6) is 0 Å². The smallest absolute Gasteiger partial charge is 0.333 e. The van der Waals surface area contributed by atoms with Gasteiger partial charge in [-0.15, -0.1) is 5.06 Å². The Morgan fingerprint density at radius 1 is 1.08 bits per heavy atom. The topological polar surface area (TPSA) is 99.2 Å². The minimum absolute atomic E-state index is 0.00109. The van der Waals surface area contributed by atoms with Gasteiger partial charge in [-0.3, -0.25) is 9.59 Å². The Labute approximate surface area is 153 Å². The summed E-state index contributed by atoms with van der Waals surface area (Å²) in [5.74, 6) is -2.17. The number of esters is 1. The molecule has 0 saturated carbocycles. The van der Waals surface area contributed by atoms with Gasteiger partial charge in [0.25, 0.3) is 11.8 Å². The van der Waals surface area contributed by atoms with Crippen molar-refractivity contribution < 1.29 is 33.5 Å². The average molecular weight is 369 g/mol. The van der Waals surface area contributed by atoms with Crippen molar-refractivity contribution in [2.45, 2.75) is 71.0 Å². The molecule has 0 bridgehead atoms. The first-order valence-corrected chi connectivity index (χ1v) is 8.52. The van der Waals surface area contributed by atoms with Crippen LogP contribution in [0.25, 0.3) is 0 Å². The van der Waals surface area contributed by atoms with E-state index in [1.54, 1.807) is 13.8 Å². The van der Waals surface area contributed by atoms with Crippen molar-refractivity contribution in [2.75, 3.05) is 6.61 Å². The highest BCUT2D eigenvalue weighted by Crippen LogP contribution is 2.22. The summed E-state index contributed by atoms with van der Waals surface area (Å²) in [6.45, 7) is 10.8. The van der Waals surface area contributed by atoms with E-state index in [1.807, 2.05) is 13.8 Å². The van der Waals surface area contributed by atoms with Gasteiger partial charge in [-0.25, -0.2) is 9.59 Å². The number of hydrogen-bond acceptors (Lipinski definition) is 7. The second-order valence-electron chi connectivity index (χ2n) is 7.29. The molecule has 0 aromatic heterocycles. The molecule has 146 valence electrons. The summed E-state index contributed by atoms with van der Waals surface area (Å²) in [6, 6.07) is 0. The van der Waals surface area contributed by atoms with Gasteiger partial charge in [-0.05, 0) is 34.1 Å². The fourth-order valence-corrected chi connectivity index (χ4v) is 2.22. The van der Waals surface area contributed by atoms with Gasteiger partial charge in [0.2, 0.25) is 0 Å². The highest BCUT2D eigenvalue weighted by molar-refractivity contribution is 6.01. The normalized spacial score (nSPS) is 15.2. The maximum Gasteiger partial charge on any atom is 0.333 e. The Morgan fingerprint density at radius 3 is 2.19 bits per heavy atom. The molecule has 2 amide bonds. The van der Waals surface area contributed by atoms with E-state index in [1.165, 1.54) is 0 Å². The van der Waals surface area contributed by atoms with Gasteiger partial charge in [0.1, 0.15) is 5.60 Å². The molecule has 0 aromatic carbocycles. The quantitative estimate of drug-likeness (QED) is 0.330. The van der Waals surface area contributed by atoms with E-state index < -0.39 is 35.0 Å². The molecule has 0 radical (unpaired) electrons. The van der Waals surface area contributed by atoms with Gasteiger partial charge in [-0.2, -0.15) is 0 Å². The summed E-state index contributed by atoms with van der Waals surface area (Å²) in [4.78, 5) is 50.8. The number of carbonyl (C=O) groups is 4. The number of rotatable bonds is 10. The van der Waals surface area contributed by atoms with Crippen LogP contribution in [-0.4, -0.2) is 46.6 Å². The molecular formula is C18H27NO7. The maximum absolute atomic E-state index is 11.8. The lowest BCUT2D eigenvalue weighted by atomic mass is 10.0. The van der Waals surface area contributed by atoms with E-state index in [2.05, 4.69) is 6.58 Å². The zero-order chi connectivity index (χ0) is 20.0. The third kappa shape index (κ3) is 7.35. The van der Waals surface area contributed by atoms with Crippen LogP contribution in [0.15, 0.2) is 12.7 Å². The lowest BCUT2D eigenvalue weighted by Gasteiger charge is -2.29. The van der Waals surface area contributed by atoms with Crippen LogP contribution in [0, 0.1) is 0 Å². The van der Waals surface area contributed by atoms with Crippen LogP contribution < -0.4 is 0 Å². The summed E-state index contributed by atoms with van der Waals surface area (Å²) in [5, 5.41) is 0.534. The van der Waals surface area contributed by atoms with E-state index in [-0.39, 0.29) is 19.3 Å². The molecule has 0 aromatic rings. The molecule has 26 heavy (non-hydrogen) atoms. The number of nitrogens with zero attached hydrogens (tertiary/aromatic N) is 1. The Bertz CT molecular complexity index is 564. The predicted octanol–water partition coefficient (Wildman–Crippen LogP) is 2.07. The molecule has 1 heterocycles. The summed E-state index contributed by atoms with van der Waals surface area (Å²) >= 11 is 0. The van der Waals surface area contributed by atoms with Crippen molar-refractivity contribution in [3.63, 3.8) is 0 Å². The molecule has 0 spiro atoms. The van der Waals surface area contributed by atoms with Gasteiger partial charge in [-0.1, -0.05) is 6.58 Å². The first kappa shape index (κ1) is 21.8. The molecule has 0 N–H and O–H groups in total. The molecule has 1 rings (SSSR count). The molecule has 0 atom stereocenters. The first-order chi connectivity index (χ1) is 12.0. The number of hydroxylamine groups is 2. The summed E-state index contributed by atoms with van der Waals surface area (Å²) < 4.78 is 11.0. The molecule has 1 saturated heterocycles. The Morgan fingerprint density at radius 2 is 1.65 bits per heavy atom. The van der Waals surface area contributed by atoms with E-state index in [4.69, 9.17) is 14.3 Å². The van der Waals surface area contributed by atoms with Gasteiger partial charge in [0, 0.05) is 25.3 Å². The molecule has 1 aliphatic rings. The molecule has 1 aliphatic heterocycles. The van der Waals surface area contributed by atoms with Crippen molar-refractivity contribution in [2.24, 2.45) is 0 Å². The molecule has 8 heteroatoms. The van der Waals surface area contributed by atoms with Crippen LogP contribution in [0.4, 0.5) is 0 Å². The number of imide groups is 1. The summed E-state index contributed by atoms with van der Waals surface area (Å²) in [5.41, 5.74) is -1.33. The molecule has 1 fully saturated rings. The standard InChI is InChI=1S/C18H27NO7/c1-6-15(22)25-18(4,5)11-12-24-17(2,3)10-9-16(23)26-19-13(20)7-8-14(19)21/h6H,1,7-12H2,2-5H3. The molecule has 0 unspecified atom stereocenters. The van der Waals surface area contributed by atoms with Crippen LogP contribution in [-0.2, 0) is 33.5 Å². The lowest BCUT2D eigenvalue weighted by Crippen LogP contribution is -2.34. The van der Waals surface area contributed by atoms with Gasteiger partial charge >= 0.3 is 11.9 Å². The van der Waals surface area contributed by atoms with Crippen molar-refractivity contribution in [1.82, 2.24) is 5.06 Å². The van der Waals surface area contributed by atoms with Crippen LogP contribution in [0.3, 0.4) is 0 Å². The highest BCUT2D eigenvalue weighted by atomic mass is 16.7. The second-order valence-corrected chi connectivity index (χ2v) is 7.29. The largest absolute Gasteiger partial charge is 0.456 e. The average Bonchev–Trinajstić information content (AvgIpc) is 2.84. The third-order valence-corrected chi connectivity index (χ3v) is 3.87. The van der Waals surface area contributed by atoms with E-state index in [9.17, 15) is 19.2 Å². The predicted molar refractivity (Wildman–Crippen MR) is 91.4 cm³/mol. The van der Waals surface area contributed by atoms with Crippen LogP contribution in [0.2, 0.25) is 0 Å². The Kier molecular flexibility index (Phi) is 7.50. The second kappa shape index (κ2) is 8.93. The molecule has 0 aliphatic carbocycles. The SMILES string of the molecule is C=CC(=O)OC(C)(C)CCOC(C)(C)CCC(=O)ON1C(=O)CCC1=O. The zero-order valence-corrected chi connectivity index (χ0v) is 15.8. The zero-order valence-electron chi connectivity index (χ0n) is 15.8. The van der Waals surface area contributed by atoms with E-state index in [0.29, 0.717) is 24.5 Å². The summed E-state index contributed by atoms with van der Waals surface area (Å²) in [7, 11) is 0. The Hall–Kier alpha value is -2.22. The maximum atomic E-state index is 11.8. The Balaban J connectivity index is 2.35. The van der Waals surface area contributed by atoms with Crippen molar-refractivity contribution >= 4 is 23.8 Å². The monoisotopic (exact) mass is 369 g/mol. The van der Waals surface area contributed by atoms with E-state index >= 15 is 0 Å². The lowest BCUT2D eigenvalue weighted by molar-refractivity contribution is -0.198. The number of ether oxygens (including phenoxy) is 2. The minimum atomic E-state index is -0.698. The molecule has 8 nitrogen and oxygen atoms in total. The molecular weight excluding hydrogens is 342 g/mol. The number of carbonyl (C=O) groups excluding carboxylic acids is 4. The number of amides is 2. The van der Waals surface area contributed by atoms with Crippen LogP contribution in [0.1, 0.15) is 59.8 Å². The van der Waals surface area contributed by atoms with Crippen molar-refractivity contribution in [3.8, 4) is 0 Å². The van der Waals surface area contributed by atoms with Crippen molar-refractivity contribution in [1.29, 1.82) is 0 Å². The fraction of sp³-hybridized carbons (Fsp3) is 0.667. The first-order valence-electron chi connectivity index (χ1n) is 8.52. The van der Waals surface area contributed by atoms with Gasteiger partial charge in [0.15, 0.2) is 0 Å². The van der Waals surface area contributed by atoms with E-state index in [0.717, 1.165) is 6.08 Å². The van der Waals surface area contributed by atoms with Gasteiger partial charge < -0.3 is 14.3 Å². The van der Waals surface area contributed by atoms with Gasteiger partial charge in [0.05, 0.1) is 18.6 Å². The fourth-order valence-electron chi connectivity index (χ4n) is 2.22. The minimum Gasteiger partial charge on any atom is -0.456 e. The number of hydrogen-bond donors (Lipinski definition) is 0.